The van der Waals surface area contributed by atoms with Gasteiger partial charge in [0.15, 0.2) is 0 Å². The molecule has 1 heterocycles. The van der Waals surface area contributed by atoms with Crippen LogP contribution in [-0.4, -0.2) is 4.57 Å². The Hall–Kier alpha value is -7.68. The number of para-hydroxylation sites is 1. The molecule has 0 saturated heterocycles. The molecule has 11 aromatic rings. The van der Waals surface area contributed by atoms with Crippen LogP contribution in [0.2, 0.25) is 0 Å². The molecule has 0 N–H and O–H groups in total. The molecular formula is C64H54N2. The van der Waals surface area contributed by atoms with Crippen molar-refractivity contribution in [2.75, 3.05) is 4.90 Å². The van der Waals surface area contributed by atoms with E-state index >= 15 is 0 Å². The molecule has 320 valence electrons. The van der Waals surface area contributed by atoms with Gasteiger partial charge in [-0.2, -0.15) is 0 Å². The lowest BCUT2D eigenvalue weighted by Crippen LogP contribution is -2.17. The van der Waals surface area contributed by atoms with Crippen molar-refractivity contribution in [3.63, 3.8) is 0 Å². The predicted molar refractivity (Wildman–Crippen MR) is 284 cm³/mol. The largest absolute Gasteiger partial charge is 0.310 e. The SMILES string of the molecule is CC(C)(C)c1c2ccccc2c(C(C)(C)C)c2cc(-n3c(-c4ccccc4)c(-c4ccccc4)c4ccc5c(N(c6ccccc6)c6ccc(-c7ccccc7)cc6)cccc5c43)ccc12. The Labute approximate surface area is 389 Å². The lowest BCUT2D eigenvalue weighted by Gasteiger charge is -2.30. The van der Waals surface area contributed by atoms with Crippen molar-refractivity contribution >= 4 is 60.3 Å². The van der Waals surface area contributed by atoms with Crippen molar-refractivity contribution in [2.24, 2.45) is 0 Å². The average Bonchev–Trinajstić information content (AvgIpc) is 3.70. The number of hydrogen-bond acceptors (Lipinski definition) is 1. The Morgan fingerprint density at radius 3 is 1.39 bits per heavy atom. The van der Waals surface area contributed by atoms with Crippen LogP contribution in [0.1, 0.15) is 52.7 Å². The average molecular weight is 851 g/mol. The zero-order chi connectivity index (χ0) is 45.2. The fourth-order valence-electron chi connectivity index (χ4n) is 10.7. The molecule has 0 aliphatic carbocycles. The minimum absolute atomic E-state index is 0.0787. The Kier molecular flexibility index (Phi) is 10.0. The molecule has 0 unspecified atom stereocenters. The summed E-state index contributed by atoms with van der Waals surface area (Å²) in [4.78, 5) is 2.41. The van der Waals surface area contributed by atoms with Gasteiger partial charge in [0.2, 0.25) is 0 Å². The van der Waals surface area contributed by atoms with Crippen molar-refractivity contribution in [2.45, 2.75) is 52.4 Å². The van der Waals surface area contributed by atoms with E-state index in [2.05, 4.69) is 269 Å². The lowest BCUT2D eigenvalue weighted by molar-refractivity contribution is 0.593. The van der Waals surface area contributed by atoms with Crippen LogP contribution in [0.15, 0.2) is 218 Å². The van der Waals surface area contributed by atoms with Gasteiger partial charge in [-0.25, -0.2) is 0 Å². The van der Waals surface area contributed by atoms with Crippen molar-refractivity contribution in [1.82, 2.24) is 4.57 Å². The highest BCUT2D eigenvalue weighted by Gasteiger charge is 2.29. The van der Waals surface area contributed by atoms with Gasteiger partial charge in [0, 0.05) is 38.8 Å². The highest BCUT2D eigenvalue weighted by atomic mass is 15.1. The van der Waals surface area contributed by atoms with Gasteiger partial charge in [-0.15, -0.1) is 0 Å². The highest BCUT2D eigenvalue weighted by Crippen LogP contribution is 2.50. The van der Waals surface area contributed by atoms with Gasteiger partial charge >= 0.3 is 0 Å². The van der Waals surface area contributed by atoms with Gasteiger partial charge in [0.25, 0.3) is 0 Å². The van der Waals surface area contributed by atoms with E-state index < -0.39 is 0 Å². The quantitative estimate of drug-likeness (QED) is 0.145. The molecule has 0 saturated carbocycles. The van der Waals surface area contributed by atoms with E-state index in [0.29, 0.717) is 0 Å². The fraction of sp³-hybridized carbons (Fsp3) is 0.125. The van der Waals surface area contributed by atoms with Crippen LogP contribution >= 0.6 is 0 Å². The maximum Gasteiger partial charge on any atom is 0.0620 e. The highest BCUT2D eigenvalue weighted by molar-refractivity contribution is 6.19. The molecule has 0 amide bonds. The molecule has 2 heteroatoms. The molecule has 0 atom stereocenters. The summed E-state index contributed by atoms with van der Waals surface area (Å²) in [6.45, 7) is 14.2. The van der Waals surface area contributed by atoms with E-state index in [1.807, 2.05) is 0 Å². The Bertz CT molecular complexity index is 3550. The summed E-state index contributed by atoms with van der Waals surface area (Å²) >= 11 is 0. The van der Waals surface area contributed by atoms with Crippen LogP contribution in [0.4, 0.5) is 17.1 Å². The summed E-state index contributed by atoms with van der Waals surface area (Å²) in [7, 11) is 0. The second kappa shape index (κ2) is 16.1. The molecule has 0 bridgehead atoms. The van der Waals surface area contributed by atoms with Gasteiger partial charge in [0.1, 0.15) is 0 Å². The van der Waals surface area contributed by atoms with Crippen molar-refractivity contribution in [1.29, 1.82) is 0 Å². The molecule has 0 spiro atoms. The molecule has 0 aliphatic rings. The first-order chi connectivity index (χ1) is 32.1. The van der Waals surface area contributed by atoms with Gasteiger partial charge in [-0.05, 0) is 108 Å². The minimum Gasteiger partial charge on any atom is -0.310 e. The number of benzene rings is 10. The van der Waals surface area contributed by atoms with E-state index in [-0.39, 0.29) is 10.8 Å². The summed E-state index contributed by atoms with van der Waals surface area (Å²) in [5.41, 5.74) is 15.4. The van der Waals surface area contributed by atoms with E-state index in [1.54, 1.807) is 0 Å². The lowest BCUT2D eigenvalue weighted by atomic mass is 9.74. The number of fused-ring (bicyclic) bond motifs is 5. The summed E-state index contributed by atoms with van der Waals surface area (Å²) in [5.74, 6) is 0. The van der Waals surface area contributed by atoms with E-state index in [1.165, 1.54) is 87.9 Å². The summed E-state index contributed by atoms with van der Waals surface area (Å²) in [6.07, 6.45) is 0. The zero-order valence-electron chi connectivity index (χ0n) is 38.7. The third kappa shape index (κ3) is 6.96. The first kappa shape index (κ1) is 41.1. The monoisotopic (exact) mass is 850 g/mol. The number of nitrogens with zero attached hydrogens (tertiary/aromatic N) is 2. The van der Waals surface area contributed by atoms with Crippen molar-refractivity contribution in [3.05, 3.63) is 230 Å². The molecule has 10 aromatic carbocycles. The maximum absolute atomic E-state index is 2.58. The van der Waals surface area contributed by atoms with Crippen LogP contribution in [0, 0.1) is 0 Å². The topological polar surface area (TPSA) is 8.17 Å². The number of rotatable bonds is 7. The van der Waals surface area contributed by atoms with Crippen molar-refractivity contribution < 1.29 is 0 Å². The number of aromatic nitrogens is 1. The molecule has 0 aliphatic heterocycles. The van der Waals surface area contributed by atoms with Crippen LogP contribution in [0.5, 0.6) is 0 Å². The Balaban J connectivity index is 1.26. The van der Waals surface area contributed by atoms with Gasteiger partial charge in [0.05, 0.1) is 16.9 Å². The molecule has 0 fully saturated rings. The predicted octanol–water partition coefficient (Wildman–Crippen LogP) is 18.2. The third-order valence-corrected chi connectivity index (χ3v) is 13.3. The summed E-state index contributed by atoms with van der Waals surface area (Å²) in [5, 5.41) is 8.88. The van der Waals surface area contributed by atoms with Crippen LogP contribution < -0.4 is 4.90 Å². The van der Waals surface area contributed by atoms with Crippen molar-refractivity contribution in [3.8, 4) is 39.2 Å². The standard InChI is InChI=1S/C64H54N2/c1-63(2,3)59-51-30-19-20-31-52(51)60(64(4,5)6)56-42-49(38-39-53(56)59)66-61(46-26-15-9-16-27-46)58(45-24-13-8-14-25-45)55-41-40-50-54(62(55)66)32-21-33-57(50)65(47-28-17-10-18-29-47)48-36-34-44(35-37-48)43-22-11-7-12-23-43/h7-42H,1-6H3. The Morgan fingerprint density at radius 1 is 0.333 bits per heavy atom. The maximum atomic E-state index is 2.58. The fourth-order valence-corrected chi connectivity index (χ4v) is 10.7. The van der Waals surface area contributed by atoms with E-state index in [9.17, 15) is 0 Å². The molecule has 66 heavy (non-hydrogen) atoms. The zero-order valence-corrected chi connectivity index (χ0v) is 38.7. The number of hydrogen-bond donors (Lipinski definition) is 0. The van der Waals surface area contributed by atoms with Crippen LogP contribution in [0.25, 0.3) is 82.4 Å². The van der Waals surface area contributed by atoms with Gasteiger partial charge in [-0.1, -0.05) is 217 Å². The molecule has 0 radical (unpaired) electrons. The van der Waals surface area contributed by atoms with E-state index in [0.717, 1.165) is 22.7 Å². The van der Waals surface area contributed by atoms with Crippen LogP contribution in [-0.2, 0) is 10.8 Å². The minimum atomic E-state index is -0.120. The van der Waals surface area contributed by atoms with Crippen LogP contribution in [0.3, 0.4) is 0 Å². The first-order valence-corrected chi connectivity index (χ1v) is 23.3. The normalized spacial score (nSPS) is 12.1. The second-order valence-electron chi connectivity index (χ2n) is 19.7. The second-order valence-corrected chi connectivity index (χ2v) is 19.7. The molecule has 2 nitrogen and oxygen atoms in total. The third-order valence-electron chi connectivity index (χ3n) is 13.3. The Morgan fingerprint density at radius 2 is 0.788 bits per heavy atom. The summed E-state index contributed by atoms with van der Waals surface area (Å²) < 4.78 is 2.58. The molecule has 1 aromatic heterocycles. The smallest absolute Gasteiger partial charge is 0.0620 e. The number of anilines is 3. The molecular weight excluding hydrogens is 797 g/mol. The van der Waals surface area contributed by atoms with E-state index in [4.69, 9.17) is 0 Å². The first-order valence-electron chi connectivity index (χ1n) is 23.3. The summed E-state index contributed by atoms with van der Waals surface area (Å²) in [6, 6.07) is 80.4. The molecule has 11 rings (SSSR count). The van der Waals surface area contributed by atoms with Gasteiger partial charge < -0.3 is 9.47 Å². The van der Waals surface area contributed by atoms with Gasteiger partial charge in [-0.3, -0.25) is 0 Å².